The summed E-state index contributed by atoms with van der Waals surface area (Å²) in [7, 11) is -3.69. The summed E-state index contributed by atoms with van der Waals surface area (Å²) in [5.41, 5.74) is 0.678. The Bertz CT molecular complexity index is 1550. The smallest absolute Gasteiger partial charge is 0.369 e. The van der Waals surface area contributed by atoms with Crippen LogP contribution in [0.3, 0.4) is 0 Å². The number of fused-ring (bicyclic) bond motifs is 2. The van der Waals surface area contributed by atoms with E-state index < -0.39 is 27.2 Å². The van der Waals surface area contributed by atoms with Crippen LogP contribution in [-0.2, 0) is 32.8 Å². The molecule has 4 heterocycles. The van der Waals surface area contributed by atoms with Gasteiger partial charge < -0.3 is 20.3 Å². The molecule has 0 bridgehead atoms. The van der Waals surface area contributed by atoms with E-state index >= 15 is 0 Å². The minimum atomic E-state index is -4.72. The van der Waals surface area contributed by atoms with Crippen LogP contribution < -0.4 is 15.5 Å². The van der Waals surface area contributed by atoms with E-state index in [0.29, 0.717) is 35.9 Å². The minimum Gasteiger partial charge on any atom is -0.369 e. The van der Waals surface area contributed by atoms with Crippen LogP contribution in [0.25, 0.3) is 10.6 Å². The number of hydrogen-bond donors (Lipinski definition) is 2. The van der Waals surface area contributed by atoms with Gasteiger partial charge >= 0.3 is 6.18 Å². The standard InChI is InChI=1S/C27H30F3N5O3S2/c1-3-17-12-18(35-9-8-31-16(2)15-35)4-5-20(17)33-25-32-14-19(27(28,29)30)23(34-25)21-13-22-24(39-21)26(6-7-26)38-10-11-40(22,36)37/h4-5,12-14,16,31H,3,6-11,15H2,1-2H3,(H,32,33,34)/t16-/m1/s1. The molecule has 1 spiro atoms. The van der Waals surface area contributed by atoms with Gasteiger partial charge in [0, 0.05) is 43.2 Å². The molecule has 1 aliphatic carbocycles. The number of hydrogen-bond acceptors (Lipinski definition) is 9. The second kappa shape index (κ2) is 9.97. The molecule has 8 nitrogen and oxygen atoms in total. The lowest BCUT2D eigenvalue weighted by Crippen LogP contribution is -2.49. The quantitative estimate of drug-likeness (QED) is 0.421. The van der Waals surface area contributed by atoms with Gasteiger partial charge in [-0.15, -0.1) is 11.3 Å². The molecular weight excluding hydrogens is 563 g/mol. The van der Waals surface area contributed by atoms with E-state index in [2.05, 4.69) is 38.5 Å². The Morgan fingerprint density at radius 1 is 1.27 bits per heavy atom. The molecule has 3 aliphatic rings. The fraction of sp³-hybridized carbons (Fsp3) is 0.481. The normalized spacial score (nSPS) is 21.6. The van der Waals surface area contributed by atoms with Crippen molar-refractivity contribution < 1.29 is 26.3 Å². The highest BCUT2D eigenvalue weighted by Crippen LogP contribution is 2.56. The zero-order valence-electron chi connectivity index (χ0n) is 22.1. The Hall–Kier alpha value is -2.74. The van der Waals surface area contributed by atoms with Crippen LogP contribution >= 0.6 is 11.3 Å². The summed E-state index contributed by atoms with van der Waals surface area (Å²) in [6.07, 6.45) is -1.99. The molecule has 2 fully saturated rings. The number of anilines is 3. The van der Waals surface area contributed by atoms with Gasteiger partial charge in [0.05, 0.1) is 32.7 Å². The number of aromatic nitrogens is 2. The van der Waals surface area contributed by atoms with Crippen molar-refractivity contribution in [2.45, 2.75) is 55.8 Å². The van der Waals surface area contributed by atoms with Gasteiger partial charge in [-0.2, -0.15) is 13.2 Å². The molecule has 1 saturated heterocycles. The molecule has 2 aliphatic heterocycles. The fourth-order valence-corrected chi connectivity index (χ4v) is 8.49. The Morgan fingerprint density at radius 2 is 2.08 bits per heavy atom. The van der Waals surface area contributed by atoms with Crippen molar-refractivity contribution >= 4 is 38.5 Å². The Labute approximate surface area is 234 Å². The average molecular weight is 594 g/mol. The monoisotopic (exact) mass is 593 g/mol. The third kappa shape index (κ3) is 5.08. The van der Waals surface area contributed by atoms with Crippen LogP contribution in [0.15, 0.2) is 35.4 Å². The van der Waals surface area contributed by atoms with Gasteiger partial charge in [0.1, 0.15) is 11.2 Å². The number of nitrogens with one attached hydrogen (secondary N) is 2. The minimum absolute atomic E-state index is 0.00470. The molecule has 3 aromatic rings. The lowest BCUT2D eigenvalue weighted by molar-refractivity contribution is -0.137. The lowest BCUT2D eigenvalue weighted by Gasteiger charge is -2.34. The summed E-state index contributed by atoms with van der Waals surface area (Å²) < 4.78 is 73.9. The highest BCUT2D eigenvalue weighted by Gasteiger charge is 2.52. The second-order valence-corrected chi connectivity index (χ2v) is 13.7. The zero-order valence-corrected chi connectivity index (χ0v) is 23.8. The van der Waals surface area contributed by atoms with E-state index in [-0.39, 0.29) is 33.8 Å². The van der Waals surface area contributed by atoms with Gasteiger partial charge in [-0.1, -0.05) is 6.92 Å². The number of ether oxygens (including phenoxy) is 1. The largest absolute Gasteiger partial charge is 0.420 e. The highest BCUT2D eigenvalue weighted by molar-refractivity contribution is 7.91. The van der Waals surface area contributed by atoms with Crippen LogP contribution in [0.2, 0.25) is 0 Å². The molecular formula is C27H30F3N5O3S2. The van der Waals surface area contributed by atoms with Gasteiger partial charge in [0.15, 0.2) is 9.84 Å². The molecule has 0 radical (unpaired) electrons. The molecule has 0 unspecified atom stereocenters. The highest BCUT2D eigenvalue weighted by atomic mass is 32.2. The molecule has 1 aromatic carbocycles. The third-order valence-corrected chi connectivity index (χ3v) is 10.8. The first kappa shape index (κ1) is 27.4. The van der Waals surface area contributed by atoms with Crippen molar-refractivity contribution in [2.24, 2.45) is 0 Å². The summed E-state index contributed by atoms with van der Waals surface area (Å²) in [4.78, 5) is 11.2. The van der Waals surface area contributed by atoms with Crippen LogP contribution in [0.5, 0.6) is 0 Å². The van der Waals surface area contributed by atoms with E-state index in [1.807, 2.05) is 19.1 Å². The maximum absolute atomic E-state index is 14.1. The van der Waals surface area contributed by atoms with Crippen molar-refractivity contribution in [3.05, 3.63) is 46.5 Å². The summed E-state index contributed by atoms with van der Waals surface area (Å²) in [6, 6.07) is 7.67. The number of alkyl halides is 3. The third-order valence-electron chi connectivity index (χ3n) is 7.66. The second-order valence-electron chi connectivity index (χ2n) is 10.5. The average Bonchev–Trinajstić information content (AvgIpc) is 3.56. The van der Waals surface area contributed by atoms with Crippen LogP contribution in [0.1, 0.15) is 42.7 Å². The summed E-state index contributed by atoms with van der Waals surface area (Å²) in [5, 5.41) is 6.54. The van der Waals surface area contributed by atoms with Crippen molar-refractivity contribution in [1.29, 1.82) is 0 Å². The van der Waals surface area contributed by atoms with E-state index in [0.717, 1.165) is 48.4 Å². The number of thiophene rings is 1. The number of piperazine rings is 1. The predicted octanol–water partition coefficient (Wildman–Crippen LogP) is 5.12. The van der Waals surface area contributed by atoms with E-state index in [1.165, 1.54) is 6.07 Å². The first-order chi connectivity index (χ1) is 19.0. The van der Waals surface area contributed by atoms with Crippen molar-refractivity contribution in [3.63, 3.8) is 0 Å². The molecule has 214 valence electrons. The predicted molar refractivity (Wildman–Crippen MR) is 148 cm³/mol. The molecule has 0 amide bonds. The van der Waals surface area contributed by atoms with Gasteiger partial charge in [0.25, 0.3) is 0 Å². The number of nitrogens with zero attached hydrogens (tertiary/aromatic N) is 3. The van der Waals surface area contributed by atoms with Gasteiger partial charge in [-0.05, 0) is 56.0 Å². The topological polar surface area (TPSA) is 96.5 Å². The molecule has 1 saturated carbocycles. The van der Waals surface area contributed by atoms with Crippen molar-refractivity contribution in [3.8, 4) is 10.6 Å². The molecule has 6 rings (SSSR count). The van der Waals surface area contributed by atoms with E-state index in [9.17, 15) is 21.6 Å². The van der Waals surface area contributed by atoms with E-state index in [4.69, 9.17) is 4.74 Å². The Balaban J connectivity index is 1.37. The molecule has 2 aromatic heterocycles. The number of benzene rings is 1. The molecule has 1 atom stereocenters. The van der Waals surface area contributed by atoms with Crippen LogP contribution in [0, 0.1) is 0 Å². The summed E-state index contributed by atoms with van der Waals surface area (Å²) in [5.74, 6) is -0.200. The van der Waals surface area contributed by atoms with Gasteiger partial charge in [-0.25, -0.2) is 18.4 Å². The first-order valence-electron chi connectivity index (χ1n) is 13.3. The van der Waals surface area contributed by atoms with Crippen molar-refractivity contribution in [1.82, 2.24) is 15.3 Å². The Morgan fingerprint density at radius 3 is 2.77 bits per heavy atom. The SMILES string of the molecule is CCc1cc(N2CCN[C@H](C)C2)ccc1Nc1ncc(C(F)(F)F)c(-c2cc3c(s2)C2(CC2)OCCS3(=O)=O)n1. The Kier molecular flexibility index (Phi) is 6.83. The molecule has 2 N–H and O–H groups in total. The van der Waals surface area contributed by atoms with Gasteiger partial charge in [0.2, 0.25) is 5.95 Å². The number of sulfone groups is 1. The number of rotatable bonds is 5. The summed E-state index contributed by atoms with van der Waals surface area (Å²) >= 11 is 1.01. The zero-order chi connectivity index (χ0) is 28.3. The fourth-order valence-electron chi connectivity index (χ4n) is 5.36. The molecule has 40 heavy (non-hydrogen) atoms. The maximum atomic E-state index is 14.1. The molecule has 13 heteroatoms. The lowest BCUT2D eigenvalue weighted by atomic mass is 10.1. The van der Waals surface area contributed by atoms with Crippen LogP contribution in [0.4, 0.5) is 30.5 Å². The van der Waals surface area contributed by atoms with Gasteiger partial charge in [-0.3, -0.25) is 0 Å². The van der Waals surface area contributed by atoms with Crippen molar-refractivity contribution in [2.75, 3.05) is 42.2 Å². The first-order valence-corrected chi connectivity index (χ1v) is 15.8. The number of halogens is 3. The van der Waals surface area contributed by atoms with Crippen LogP contribution in [-0.4, -0.2) is 56.4 Å². The maximum Gasteiger partial charge on any atom is 0.420 e. The van der Waals surface area contributed by atoms with E-state index in [1.54, 1.807) is 0 Å². The number of aryl methyl sites for hydroxylation is 1. The summed E-state index contributed by atoms with van der Waals surface area (Å²) in [6.45, 7) is 6.89.